The van der Waals surface area contributed by atoms with Gasteiger partial charge >= 0.3 is 0 Å². The first-order valence-electron chi connectivity index (χ1n) is 11.6. The molecular weight excluding hydrogens is 440 g/mol. The molecule has 1 atom stereocenters. The quantitative estimate of drug-likeness (QED) is 0.450. The summed E-state index contributed by atoms with van der Waals surface area (Å²) in [4.78, 5) is 19.6. The van der Waals surface area contributed by atoms with Gasteiger partial charge in [0.25, 0.3) is 5.91 Å². The van der Waals surface area contributed by atoms with Crippen LogP contribution in [0.15, 0.2) is 54.7 Å². The van der Waals surface area contributed by atoms with Gasteiger partial charge in [0.2, 0.25) is 0 Å². The maximum atomic E-state index is 13.0. The number of aromatic nitrogens is 1. The lowest BCUT2D eigenvalue weighted by Gasteiger charge is -2.30. The van der Waals surface area contributed by atoms with Crippen LogP contribution in [0.2, 0.25) is 0 Å². The number of methoxy groups -OCH3 is 1. The number of hydrogen-bond donors (Lipinski definition) is 3. The van der Waals surface area contributed by atoms with Crippen LogP contribution in [0, 0.1) is 11.3 Å². The van der Waals surface area contributed by atoms with E-state index in [1.54, 1.807) is 19.4 Å². The van der Waals surface area contributed by atoms with Gasteiger partial charge in [0.05, 0.1) is 24.4 Å². The number of anilines is 2. The summed E-state index contributed by atoms with van der Waals surface area (Å²) in [6.07, 6.45) is 3.67. The number of piperidine rings is 1. The summed E-state index contributed by atoms with van der Waals surface area (Å²) in [6.45, 7) is 5.91. The topological polar surface area (TPSA) is 116 Å². The molecule has 3 aromatic rings. The van der Waals surface area contributed by atoms with Crippen molar-refractivity contribution in [1.82, 2.24) is 15.2 Å². The highest BCUT2D eigenvalue weighted by molar-refractivity contribution is 6.01. The number of nitriles is 1. The van der Waals surface area contributed by atoms with Gasteiger partial charge in [-0.2, -0.15) is 5.26 Å². The second kappa shape index (κ2) is 10.5. The van der Waals surface area contributed by atoms with E-state index < -0.39 is 0 Å². The number of likely N-dealkylation sites (N-methyl/N-ethyl adjacent to an activating group) is 1. The molecule has 4 rings (SSSR count). The van der Waals surface area contributed by atoms with Crippen LogP contribution in [0.1, 0.15) is 23.2 Å². The van der Waals surface area contributed by atoms with Crippen LogP contribution in [0.25, 0.3) is 21.9 Å². The van der Waals surface area contributed by atoms with Gasteiger partial charge in [-0.3, -0.25) is 4.79 Å². The Morgan fingerprint density at radius 1 is 1.31 bits per heavy atom. The lowest BCUT2D eigenvalue weighted by atomic mass is 9.99. The molecule has 1 fully saturated rings. The number of ether oxygens (including phenoxy) is 1. The van der Waals surface area contributed by atoms with E-state index in [1.165, 1.54) is 0 Å². The normalized spacial score (nSPS) is 15.9. The van der Waals surface area contributed by atoms with Gasteiger partial charge in [0, 0.05) is 41.9 Å². The van der Waals surface area contributed by atoms with Crippen LogP contribution in [0.5, 0.6) is 5.75 Å². The van der Waals surface area contributed by atoms with E-state index in [9.17, 15) is 4.79 Å². The number of carbonyl (C=O) groups is 1. The predicted octanol–water partition coefficient (Wildman–Crippen LogP) is 3.81. The lowest BCUT2D eigenvalue weighted by Crippen LogP contribution is -2.46. The van der Waals surface area contributed by atoms with Crippen molar-refractivity contribution in [3.05, 3.63) is 60.3 Å². The molecule has 8 heteroatoms. The Bertz CT molecular complexity index is 1310. The fourth-order valence-corrected chi connectivity index (χ4v) is 4.43. The Morgan fingerprint density at radius 3 is 2.86 bits per heavy atom. The maximum Gasteiger partial charge on any atom is 0.255 e. The highest BCUT2D eigenvalue weighted by Crippen LogP contribution is 2.36. The molecule has 4 N–H and O–H groups in total. The SMILES string of the molecule is C=C(C#N)CNc1c(OC)ccc2ccc(-c3cnc(N)c(C(=O)NC4CCCN(C)C4)c3)cc12. The predicted molar refractivity (Wildman–Crippen MR) is 139 cm³/mol. The zero-order valence-corrected chi connectivity index (χ0v) is 20.1. The molecule has 0 radical (unpaired) electrons. The molecule has 180 valence electrons. The molecular formula is C27H30N6O2. The van der Waals surface area contributed by atoms with Gasteiger partial charge in [-0.25, -0.2) is 4.98 Å². The summed E-state index contributed by atoms with van der Waals surface area (Å²) in [5.41, 5.74) is 9.31. The summed E-state index contributed by atoms with van der Waals surface area (Å²) in [7, 11) is 3.66. The molecule has 2 heterocycles. The third-order valence-corrected chi connectivity index (χ3v) is 6.30. The van der Waals surface area contributed by atoms with E-state index in [2.05, 4.69) is 40.2 Å². The number of benzene rings is 2. The van der Waals surface area contributed by atoms with E-state index >= 15 is 0 Å². The van der Waals surface area contributed by atoms with Crippen LogP contribution in [0.3, 0.4) is 0 Å². The zero-order chi connectivity index (χ0) is 24.9. The number of nitrogens with one attached hydrogen (secondary N) is 2. The van der Waals surface area contributed by atoms with Crippen molar-refractivity contribution in [2.24, 2.45) is 0 Å². The van der Waals surface area contributed by atoms with Crippen LogP contribution >= 0.6 is 0 Å². The molecule has 1 aliphatic heterocycles. The largest absolute Gasteiger partial charge is 0.495 e. The minimum Gasteiger partial charge on any atom is -0.495 e. The number of rotatable bonds is 7. The maximum absolute atomic E-state index is 13.0. The second-order valence-corrected chi connectivity index (χ2v) is 8.88. The molecule has 1 unspecified atom stereocenters. The number of hydrogen-bond acceptors (Lipinski definition) is 7. The Balaban J connectivity index is 1.67. The van der Waals surface area contributed by atoms with Gasteiger partial charge in [-0.05, 0) is 55.6 Å². The zero-order valence-electron chi connectivity index (χ0n) is 20.1. The van der Waals surface area contributed by atoms with Gasteiger partial charge in [0.15, 0.2) is 0 Å². The number of carbonyl (C=O) groups excluding carboxylic acids is 1. The standard InChI is InChI=1S/C27H30N6O2/c1-17(13-28)14-30-25-22-11-19(7-6-18(22)8-9-24(25)35-3)20-12-23(26(29)31-15-20)27(34)32-21-5-4-10-33(2)16-21/h6-9,11-12,15,21,30H,1,4-5,10,14,16H2,2-3H3,(H2,29,31)(H,32,34). The van der Waals surface area contributed by atoms with Crippen LogP contribution < -0.4 is 21.1 Å². The minimum atomic E-state index is -0.211. The van der Waals surface area contributed by atoms with Crippen LogP contribution in [-0.2, 0) is 0 Å². The van der Waals surface area contributed by atoms with Gasteiger partial charge in [0.1, 0.15) is 11.6 Å². The fraction of sp³-hybridized carbons (Fsp3) is 0.296. The smallest absolute Gasteiger partial charge is 0.255 e. The number of likely N-dealkylation sites (tertiary alicyclic amines) is 1. The highest BCUT2D eigenvalue weighted by atomic mass is 16.5. The first kappa shape index (κ1) is 24.0. The average molecular weight is 471 g/mol. The summed E-state index contributed by atoms with van der Waals surface area (Å²) in [5, 5.41) is 17.4. The van der Waals surface area contributed by atoms with E-state index in [0.717, 1.165) is 53.5 Å². The van der Waals surface area contributed by atoms with E-state index in [0.29, 0.717) is 23.4 Å². The third-order valence-electron chi connectivity index (χ3n) is 6.30. The van der Waals surface area contributed by atoms with Crippen LogP contribution in [-0.4, -0.2) is 55.6 Å². The Morgan fingerprint density at radius 2 is 2.11 bits per heavy atom. The van der Waals surface area contributed by atoms with Crippen molar-refractivity contribution in [1.29, 1.82) is 5.26 Å². The van der Waals surface area contributed by atoms with E-state index in [1.807, 2.05) is 30.3 Å². The third kappa shape index (κ3) is 5.36. The van der Waals surface area contributed by atoms with Crippen molar-refractivity contribution in [3.63, 3.8) is 0 Å². The molecule has 1 aliphatic rings. The molecule has 1 amide bonds. The van der Waals surface area contributed by atoms with Gasteiger partial charge < -0.3 is 26.0 Å². The van der Waals surface area contributed by atoms with Crippen molar-refractivity contribution in [3.8, 4) is 22.9 Å². The fourth-order valence-electron chi connectivity index (χ4n) is 4.43. The first-order chi connectivity index (χ1) is 16.9. The van der Waals surface area contributed by atoms with Crippen molar-refractivity contribution < 1.29 is 9.53 Å². The molecule has 35 heavy (non-hydrogen) atoms. The Kier molecular flexibility index (Phi) is 7.18. The molecule has 2 aromatic carbocycles. The molecule has 1 saturated heterocycles. The molecule has 0 saturated carbocycles. The molecule has 1 aromatic heterocycles. The average Bonchev–Trinajstić information content (AvgIpc) is 2.86. The van der Waals surface area contributed by atoms with E-state index in [-0.39, 0.29) is 17.8 Å². The number of fused-ring (bicyclic) bond motifs is 1. The lowest BCUT2D eigenvalue weighted by molar-refractivity contribution is 0.0913. The number of nitrogens with two attached hydrogens (primary N) is 1. The van der Waals surface area contributed by atoms with Crippen LogP contribution in [0.4, 0.5) is 11.5 Å². The number of nitrogens with zero attached hydrogens (tertiary/aromatic N) is 3. The molecule has 8 nitrogen and oxygen atoms in total. The Labute approximate surface area is 205 Å². The second-order valence-electron chi connectivity index (χ2n) is 8.88. The van der Waals surface area contributed by atoms with Gasteiger partial charge in [-0.15, -0.1) is 0 Å². The van der Waals surface area contributed by atoms with Gasteiger partial charge in [-0.1, -0.05) is 24.8 Å². The summed E-state index contributed by atoms with van der Waals surface area (Å²) < 4.78 is 5.55. The number of nitrogen functional groups attached to an aromatic ring is 1. The molecule has 0 spiro atoms. The monoisotopic (exact) mass is 470 g/mol. The first-order valence-corrected chi connectivity index (χ1v) is 11.6. The summed E-state index contributed by atoms with van der Waals surface area (Å²) in [6, 6.07) is 13.8. The van der Waals surface area contributed by atoms with E-state index in [4.69, 9.17) is 15.7 Å². The summed E-state index contributed by atoms with van der Waals surface area (Å²) in [5.74, 6) is 0.653. The number of amides is 1. The molecule has 0 bridgehead atoms. The molecule has 0 aliphatic carbocycles. The summed E-state index contributed by atoms with van der Waals surface area (Å²) >= 11 is 0. The minimum absolute atomic E-state index is 0.0919. The Hall–Kier alpha value is -4.09. The van der Waals surface area contributed by atoms with Crippen molar-refractivity contribution in [2.75, 3.05) is 44.8 Å². The van der Waals surface area contributed by atoms with Crippen molar-refractivity contribution in [2.45, 2.75) is 18.9 Å². The van der Waals surface area contributed by atoms with Crippen molar-refractivity contribution >= 4 is 28.2 Å². The number of pyridine rings is 1. The highest BCUT2D eigenvalue weighted by Gasteiger charge is 2.21.